The molecule has 1 rings (SSSR count). The predicted octanol–water partition coefficient (Wildman–Crippen LogP) is 3.45. The highest BCUT2D eigenvalue weighted by Crippen LogP contribution is 2.19. The number of carbonyl (C=O) groups excluding carboxylic acids is 1. The molecular formula is C15H23NO2. The molecule has 0 unspecified atom stereocenters. The Balaban J connectivity index is 2.45. The summed E-state index contributed by atoms with van der Waals surface area (Å²) >= 11 is 0. The van der Waals surface area contributed by atoms with Crippen LogP contribution < -0.4 is 5.32 Å². The number of hydrogen-bond donors (Lipinski definition) is 1. The van der Waals surface area contributed by atoms with Crippen LogP contribution in [-0.4, -0.2) is 18.1 Å². The van der Waals surface area contributed by atoms with Crippen LogP contribution in [0, 0.1) is 13.8 Å². The van der Waals surface area contributed by atoms with Crippen molar-refractivity contribution in [1.29, 1.82) is 0 Å². The Morgan fingerprint density at radius 2 is 1.78 bits per heavy atom. The maximum atomic E-state index is 11.6. The summed E-state index contributed by atoms with van der Waals surface area (Å²) in [5.41, 5.74) is 3.09. The third-order valence-corrected chi connectivity index (χ3v) is 2.53. The number of carbonyl (C=O) groups is 1. The summed E-state index contributed by atoms with van der Waals surface area (Å²) in [6, 6.07) is 6.15. The van der Waals surface area contributed by atoms with E-state index >= 15 is 0 Å². The third-order valence-electron chi connectivity index (χ3n) is 2.53. The van der Waals surface area contributed by atoms with Gasteiger partial charge in [0.05, 0.1) is 6.42 Å². The van der Waals surface area contributed by atoms with Gasteiger partial charge in [0.15, 0.2) is 0 Å². The van der Waals surface area contributed by atoms with E-state index in [4.69, 9.17) is 4.74 Å². The van der Waals surface area contributed by atoms with Gasteiger partial charge in [0, 0.05) is 12.2 Å². The van der Waals surface area contributed by atoms with Crippen LogP contribution in [0.15, 0.2) is 18.2 Å². The van der Waals surface area contributed by atoms with Gasteiger partial charge in [-0.3, -0.25) is 4.79 Å². The summed E-state index contributed by atoms with van der Waals surface area (Å²) in [5.74, 6) is -0.166. The summed E-state index contributed by atoms with van der Waals surface area (Å²) < 4.78 is 5.26. The monoisotopic (exact) mass is 249 g/mol. The van der Waals surface area contributed by atoms with E-state index in [9.17, 15) is 4.79 Å². The second-order valence-corrected chi connectivity index (χ2v) is 5.53. The summed E-state index contributed by atoms with van der Waals surface area (Å²) in [7, 11) is 0. The summed E-state index contributed by atoms with van der Waals surface area (Å²) in [6.45, 7) is 10.4. The van der Waals surface area contributed by atoms with Crippen molar-refractivity contribution in [2.45, 2.75) is 46.6 Å². The van der Waals surface area contributed by atoms with Crippen LogP contribution in [0.3, 0.4) is 0 Å². The van der Waals surface area contributed by atoms with Crippen molar-refractivity contribution in [2.75, 3.05) is 11.9 Å². The van der Waals surface area contributed by atoms with E-state index in [0.717, 1.165) is 5.69 Å². The molecule has 0 heterocycles. The van der Waals surface area contributed by atoms with Crippen molar-refractivity contribution < 1.29 is 9.53 Å². The first kappa shape index (κ1) is 14.6. The second kappa shape index (κ2) is 5.89. The fourth-order valence-electron chi connectivity index (χ4n) is 1.78. The van der Waals surface area contributed by atoms with E-state index in [2.05, 4.69) is 31.3 Å². The quantitative estimate of drug-likeness (QED) is 0.831. The smallest absolute Gasteiger partial charge is 0.308 e. The molecule has 1 N–H and O–H groups in total. The molecule has 0 aliphatic carbocycles. The first-order chi connectivity index (χ1) is 8.29. The van der Waals surface area contributed by atoms with Crippen molar-refractivity contribution in [3.63, 3.8) is 0 Å². The molecule has 18 heavy (non-hydrogen) atoms. The molecule has 3 nitrogen and oxygen atoms in total. The second-order valence-electron chi connectivity index (χ2n) is 5.53. The zero-order valence-corrected chi connectivity index (χ0v) is 12.0. The van der Waals surface area contributed by atoms with Crippen LogP contribution in [0.1, 0.15) is 38.3 Å². The van der Waals surface area contributed by atoms with Gasteiger partial charge in [0.2, 0.25) is 0 Å². The highest BCUT2D eigenvalue weighted by Gasteiger charge is 2.15. The topological polar surface area (TPSA) is 38.3 Å². The van der Waals surface area contributed by atoms with Crippen molar-refractivity contribution in [2.24, 2.45) is 0 Å². The minimum absolute atomic E-state index is 0.166. The Morgan fingerprint density at radius 3 is 2.28 bits per heavy atom. The Labute approximate surface area is 110 Å². The normalized spacial score (nSPS) is 11.2. The maximum Gasteiger partial charge on any atom is 0.308 e. The molecule has 0 radical (unpaired) electrons. The first-order valence-corrected chi connectivity index (χ1v) is 6.31. The fraction of sp³-hybridized carbons (Fsp3) is 0.533. The van der Waals surface area contributed by atoms with Gasteiger partial charge in [-0.2, -0.15) is 0 Å². The van der Waals surface area contributed by atoms with E-state index in [1.165, 1.54) is 11.1 Å². The fourth-order valence-corrected chi connectivity index (χ4v) is 1.78. The molecule has 0 fully saturated rings. The molecule has 0 saturated carbocycles. The number of rotatable bonds is 4. The van der Waals surface area contributed by atoms with E-state index in [1.54, 1.807) is 0 Å². The largest absolute Gasteiger partial charge is 0.460 e. The van der Waals surface area contributed by atoms with Crippen molar-refractivity contribution in [1.82, 2.24) is 0 Å². The van der Waals surface area contributed by atoms with Gasteiger partial charge in [0.25, 0.3) is 0 Å². The van der Waals surface area contributed by atoms with Crippen LogP contribution in [0.4, 0.5) is 5.69 Å². The van der Waals surface area contributed by atoms with Crippen molar-refractivity contribution >= 4 is 11.7 Å². The molecule has 0 aliphatic rings. The minimum atomic E-state index is -0.407. The highest BCUT2D eigenvalue weighted by molar-refractivity contribution is 5.70. The molecule has 0 amide bonds. The number of ether oxygens (including phenoxy) is 1. The zero-order chi connectivity index (χ0) is 13.8. The first-order valence-electron chi connectivity index (χ1n) is 6.31. The van der Waals surface area contributed by atoms with Crippen LogP contribution >= 0.6 is 0 Å². The van der Waals surface area contributed by atoms with Crippen LogP contribution in [0.25, 0.3) is 0 Å². The van der Waals surface area contributed by atoms with Gasteiger partial charge in [-0.1, -0.05) is 18.2 Å². The Hall–Kier alpha value is -1.51. The zero-order valence-electron chi connectivity index (χ0n) is 12.0. The van der Waals surface area contributed by atoms with Gasteiger partial charge in [-0.15, -0.1) is 0 Å². The lowest BCUT2D eigenvalue weighted by molar-refractivity contribution is -0.154. The van der Waals surface area contributed by atoms with Crippen molar-refractivity contribution in [3.8, 4) is 0 Å². The SMILES string of the molecule is Cc1cccc(C)c1NCCC(=O)OC(C)(C)C. The number of nitrogens with one attached hydrogen (secondary N) is 1. The average Bonchev–Trinajstić information content (AvgIpc) is 2.19. The minimum Gasteiger partial charge on any atom is -0.460 e. The molecule has 1 aromatic rings. The molecular weight excluding hydrogens is 226 g/mol. The molecule has 0 aromatic heterocycles. The lowest BCUT2D eigenvalue weighted by Gasteiger charge is -2.20. The molecule has 100 valence electrons. The Bertz CT molecular complexity index is 399. The molecule has 1 aromatic carbocycles. The van der Waals surface area contributed by atoms with Gasteiger partial charge in [-0.05, 0) is 45.7 Å². The molecule has 0 aliphatic heterocycles. The molecule has 0 saturated heterocycles. The predicted molar refractivity (Wildman–Crippen MR) is 74.9 cm³/mol. The number of esters is 1. The number of hydrogen-bond acceptors (Lipinski definition) is 3. The van der Waals surface area contributed by atoms with Gasteiger partial charge >= 0.3 is 5.97 Å². The van der Waals surface area contributed by atoms with Gasteiger partial charge in [-0.25, -0.2) is 0 Å². The lowest BCUT2D eigenvalue weighted by atomic mass is 10.1. The van der Waals surface area contributed by atoms with Gasteiger partial charge < -0.3 is 10.1 Å². The number of anilines is 1. The van der Waals surface area contributed by atoms with Crippen LogP contribution in [-0.2, 0) is 9.53 Å². The van der Waals surface area contributed by atoms with Crippen LogP contribution in [0.5, 0.6) is 0 Å². The van der Waals surface area contributed by atoms with E-state index in [1.807, 2.05) is 26.8 Å². The number of para-hydroxylation sites is 1. The van der Waals surface area contributed by atoms with Crippen LogP contribution in [0.2, 0.25) is 0 Å². The standard InChI is InChI=1S/C15H23NO2/c1-11-7-6-8-12(2)14(11)16-10-9-13(17)18-15(3,4)5/h6-8,16H,9-10H2,1-5H3. The summed E-state index contributed by atoms with van der Waals surface area (Å²) in [4.78, 5) is 11.6. The molecule has 0 bridgehead atoms. The van der Waals surface area contributed by atoms with E-state index in [0.29, 0.717) is 13.0 Å². The average molecular weight is 249 g/mol. The molecule has 3 heteroatoms. The number of aryl methyl sites for hydroxylation is 2. The maximum absolute atomic E-state index is 11.6. The van der Waals surface area contributed by atoms with E-state index in [-0.39, 0.29) is 5.97 Å². The number of benzene rings is 1. The summed E-state index contributed by atoms with van der Waals surface area (Å²) in [6.07, 6.45) is 0.380. The lowest BCUT2D eigenvalue weighted by Crippen LogP contribution is -2.25. The molecule has 0 atom stereocenters. The van der Waals surface area contributed by atoms with Crippen molar-refractivity contribution in [3.05, 3.63) is 29.3 Å². The molecule has 0 spiro atoms. The summed E-state index contributed by atoms with van der Waals surface area (Å²) in [5, 5.41) is 3.30. The Morgan fingerprint density at radius 1 is 1.22 bits per heavy atom. The highest BCUT2D eigenvalue weighted by atomic mass is 16.6. The van der Waals surface area contributed by atoms with Gasteiger partial charge in [0.1, 0.15) is 5.60 Å². The Kier molecular flexibility index (Phi) is 4.76. The third kappa shape index (κ3) is 4.78. The van der Waals surface area contributed by atoms with E-state index < -0.39 is 5.60 Å².